The molecule has 0 radical (unpaired) electrons. The summed E-state index contributed by atoms with van der Waals surface area (Å²) in [6.45, 7) is 5.90. The molecular weight excluding hydrogens is 198 g/mol. The molecule has 0 saturated carbocycles. The average molecular weight is 215 g/mol. The minimum atomic E-state index is 0.891. The summed E-state index contributed by atoms with van der Waals surface area (Å²) in [7, 11) is 0. The van der Waals surface area contributed by atoms with Gasteiger partial charge in [0.05, 0.1) is 12.2 Å². The summed E-state index contributed by atoms with van der Waals surface area (Å²) in [5.74, 6) is 0. The molecule has 1 aromatic carbocycles. The molecule has 0 bridgehead atoms. The van der Waals surface area contributed by atoms with Crippen LogP contribution >= 0.6 is 0 Å². The van der Waals surface area contributed by atoms with Gasteiger partial charge < -0.3 is 5.32 Å². The van der Waals surface area contributed by atoms with Gasteiger partial charge in [0.1, 0.15) is 0 Å². The van der Waals surface area contributed by atoms with Crippen LogP contribution in [-0.2, 0) is 6.54 Å². The maximum Gasteiger partial charge on any atom is 0.0593 e. The molecule has 0 fully saturated rings. The van der Waals surface area contributed by atoms with Gasteiger partial charge in [-0.05, 0) is 31.5 Å². The molecule has 0 atom stereocenters. The molecule has 2 aromatic rings. The number of benzene rings is 1. The molecule has 0 unspecified atom stereocenters. The highest BCUT2D eigenvalue weighted by molar-refractivity contribution is 5.49. The van der Waals surface area contributed by atoms with Crippen LogP contribution in [0, 0.1) is 13.8 Å². The lowest BCUT2D eigenvalue weighted by atomic mass is 10.2. The van der Waals surface area contributed by atoms with E-state index in [1.54, 1.807) is 0 Å². The first-order valence-corrected chi connectivity index (χ1v) is 5.55. The molecule has 1 heterocycles. The quantitative estimate of drug-likeness (QED) is 0.849. The molecule has 2 rings (SSSR count). The Kier molecular flexibility index (Phi) is 3.25. The van der Waals surface area contributed by atoms with Crippen molar-refractivity contribution < 1.29 is 0 Å². The minimum Gasteiger partial charge on any atom is -0.383 e. The number of aromatic nitrogens is 2. The Hall–Kier alpha value is -1.77. The third kappa shape index (κ3) is 2.63. The number of nitrogens with zero attached hydrogens (tertiary/aromatic N) is 2. The monoisotopic (exact) mass is 215 g/mol. The fraction of sp³-hybridized carbons (Fsp3) is 0.308. The van der Waals surface area contributed by atoms with Gasteiger partial charge >= 0.3 is 0 Å². The van der Waals surface area contributed by atoms with E-state index in [0.717, 1.165) is 18.8 Å². The maximum atomic E-state index is 4.34. The summed E-state index contributed by atoms with van der Waals surface area (Å²) in [5.41, 5.74) is 3.54. The number of hydrogen-bond donors (Lipinski definition) is 1. The number of aryl methyl sites for hydroxylation is 2. The van der Waals surface area contributed by atoms with E-state index in [4.69, 9.17) is 0 Å². The lowest BCUT2D eigenvalue weighted by molar-refractivity contribution is 0.632. The van der Waals surface area contributed by atoms with Crippen LogP contribution < -0.4 is 5.32 Å². The van der Waals surface area contributed by atoms with Gasteiger partial charge in [-0.1, -0.05) is 18.2 Å². The lowest BCUT2D eigenvalue weighted by Gasteiger charge is -2.08. The van der Waals surface area contributed by atoms with Crippen molar-refractivity contribution in [2.45, 2.75) is 20.4 Å². The van der Waals surface area contributed by atoms with E-state index < -0.39 is 0 Å². The van der Waals surface area contributed by atoms with Crippen LogP contribution in [0.1, 0.15) is 11.3 Å². The smallest absolute Gasteiger partial charge is 0.0593 e. The minimum absolute atomic E-state index is 0.891. The van der Waals surface area contributed by atoms with Crippen molar-refractivity contribution >= 4 is 5.69 Å². The van der Waals surface area contributed by atoms with Gasteiger partial charge in [-0.15, -0.1) is 0 Å². The maximum absolute atomic E-state index is 4.34. The van der Waals surface area contributed by atoms with Crippen LogP contribution in [0.2, 0.25) is 0 Å². The second kappa shape index (κ2) is 4.84. The average Bonchev–Trinajstić information content (AvgIpc) is 2.67. The van der Waals surface area contributed by atoms with Crippen LogP contribution in [-0.4, -0.2) is 16.3 Å². The molecular formula is C13H17N3. The van der Waals surface area contributed by atoms with E-state index in [2.05, 4.69) is 35.5 Å². The van der Waals surface area contributed by atoms with Crippen LogP contribution in [0.4, 0.5) is 5.69 Å². The van der Waals surface area contributed by atoms with Crippen molar-refractivity contribution in [1.29, 1.82) is 0 Å². The summed E-state index contributed by atoms with van der Waals surface area (Å²) in [6, 6.07) is 10.3. The van der Waals surface area contributed by atoms with Gasteiger partial charge in [0.25, 0.3) is 0 Å². The highest BCUT2D eigenvalue weighted by Crippen LogP contribution is 2.12. The standard InChI is InChI=1S/C13H17N3/c1-11-5-3-4-6-13(11)14-8-10-16-9-7-12(2)15-16/h3-7,9,14H,8,10H2,1-2H3. The van der Waals surface area contributed by atoms with Crippen LogP contribution in [0.3, 0.4) is 0 Å². The summed E-state index contributed by atoms with van der Waals surface area (Å²) in [4.78, 5) is 0. The molecule has 0 aliphatic carbocycles. The Morgan fingerprint density at radius 2 is 2.00 bits per heavy atom. The first-order chi connectivity index (χ1) is 7.75. The Labute approximate surface area is 96.1 Å². The molecule has 84 valence electrons. The zero-order chi connectivity index (χ0) is 11.4. The van der Waals surface area contributed by atoms with E-state index in [0.29, 0.717) is 0 Å². The molecule has 0 spiro atoms. The first kappa shape index (κ1) is 10.7. The number of para-hydroxylation sites is 1. The van der Waals surface area contributed by atoms with Crippen LogP contribution in [0.5, 0.6) is 0 Å². The fourth-order valence-electron chi connectivity index (χ4n) is 1.66. The SMILES string of the molecule is Cc1ccn(CCNc2ccccc2C)n1. The third-order valence-electron chi connectivity index (χ3n) is 2.58. The lowest BCUT2D eigenvalue weighted by Crippen LogP contribution is -2.11. The topological polar surface area (TPSA) is 29.9 Å². The zero-order valence-electron chi connectivity index (χ0n) is 9.77. The molecule has 0 aliphatic rings. The Bertz CT molecular complexity index is 460. The fourth-order valence-corrected chi connectivity index (χ4v) is 1.66. The summed E-state index contributed by atoms with van der Waals surface area (Å²) in [5, 5.41) is 7.75. The van der Waals surface area contributed by atoms with E-state index >= 15 is 0 Å². The molecule has 1 N–H and O–H groups in total. The largest absolute Gasteiger partial charge is 0.383 e. The van der Waals surface area contributed by atoms with E-state index in [1.807, 2.05) is 29.9 Å². The second-order valence-corrected chi connectivity index (χ2v) is 3.96. The summed E-state index contributed by atoms with van der Waals surface area (Å²) < 4.78 is 1.96. The molecule has 1 aromatic heterocycles. The van der Waals surface area contributed by atoms with Crippen molar-refractivity contribution in [3.8, 4) is 0 Å². The molecule has 0 amide bonds. The number of hydrogen-bond acceptors (Lipinski definition) is 2. The van der Waals surface area contributed by atoms with Gasteiger partial charge in [0.2, 0.25) is 0 Å². The van der Waals surface area contributed by atoms with Crippen molar-refractivity contribution in [3.05, 3.63) is 47.8 Å². The predicted octanol–water partition coefficient (Wildman–Crippen LogP) is 2.61. The van der Waals surface area contributed by atoms with Crippen molar-refractivity contribution in [1.82, 2.24) is 9.78 Å². The van der Waals surface area contributed by atoms with E-state index in [9.17, 15) is 0 Å². The van der Waals surface area contributed by atoms with Crippen LogP contribution in [0.25, 0.3) is 0 Å². The Morgan fingerprint density at radius 3 is 2.69 bits per heavy atom. The number of rotatable bonds is 4. The van der Waals surface area contributed by atoms with Crippen molar-refractivity contribution in [3.63, 3.8) is 0 Å². The number of anilines is 1. The molecule has 3 nitrogen and oxygen atoms in total. The van der Waals surface area contributed by atoms with Crippen molar-refractivity contribution in [2.75, 3.05) is 11.9 Å². The highest BCUT2D eigenvalue weighted by atomic mass is 15.3. The normalized spacial score (nSPS) is 10.4. The third-order valence-corrected chi connectivity index (χ3v) is 2.58. The van der Waals surface area contributed by atoms with Gasteiger partial charge in [-0.3, -0.25) is 4.68 Å². The van der Waals surface area contributed by atoms with Gasteiger partial charge in [-0.25, -0.2) is 0 Å². The van der Waals surface area contributed by atoms with Gasteiger partial charge in [0, 0.05) is 18.4 Å². The molecule has 0 aliphatic heterocycles. The number of nitrogens with one attached hydrogen (secondary N) is 1. The summed E-state index contributed by atoms with van der Waals surface area (Å²) in [6.07, 6.45) is 2.01. The van der Waals surface area contributed by atoms with Crippen LogP contribution in [0.15, 0.2) is 36.5 Å². The Morgan fingerprint density at radius 1 is 1.19 bits per heavy atom. The summed E-state index contributed by atoms with van der Waals surface area (Å²) >= 11 is 0. The molecule has 16 heavy (non-hydrogen) atoms. The van der Waals surface area contributed by atoms with Gasteiger partial charge in [-0.2, -0.15) is 5.10 Å². The molecule has 3 heteroatoms. The highest BCUT2D eigenvalue weighted by Gasteiger charge is 1.96. The first-order valence-electron chi connectivity index (χ1n) is 5.55. The molecule has 0 saturated heterocycles. The van der Waals surface area contributed by atoms with E-state index in [-0.39, 0.29) is 0 Å². The van der Waals surface area contributed by atoms with E-state index in [1.165, 1.54) is 11.3 Å². The van der Waals surface area contributed by atoms with Gasteiger partial charge in [0.15, 0.2) is 0 Å². The second-order valence-electron chi connectivity index (χ2n) is 3.96. The predicted molar refractivity (Wildman–Crippen MR) is 66.6 cm³/mol. The zero-order valence-corrected chi connectivity index (χ0v) is 9.77. The Balaban J connectivity index is 1.87. The van der Waals surface area contributed by atoms with Crippen molar-refractivity contribution in [2.24, 2.45) is 0 Å².